The number of fused-ring (bicyclic) bond motifs is 4. The smallest absolute Gasteiger partial charge is 0.184 e. The Morgan fingerprint density at radius 2 is 1.16 bits per heavy atom. The molecule has 11 atom stereocenters. The van der Waals surface area contributed by atoms with Crippen molar-refractivity contribution in [2.45, 2.75) is 120 Å². The van der Waals surface area contributed by atoms with E-state index in [2.05, 4.69) is 41.7 Å². The van der Waals surface area contributed by atoms with E-state index in [1.54, 1.807) is 0 Å². The molecule has 3 heterocycles. The average Bonchev–Trinajstić information content (AvgIpc) is 3.46. The molecule has 5 fully saturated rings. The quantitative estimate of drug-likeness (QED) is 0.279. The molecule has 0 spiro atoms. The molecule has 0 aromatic heterocycles. The minimum Gasteiger partial charge on any atom is -0.369 e. The summed E-state index contributed by atoms with van der Waals surface area (Å²) < 4.78 is 53.1. The van der Waals surface area contributed by atoms with Crippen LogP contribution in [0.2, 0.25) is 0 Å². The molecule has 0 radical (unpaired) electrons. The van der Waals surface area contributed by atoms with Crippen LogP contribution >= 0.6 is 0 Å². The van der Waals surface area contributed by atoms with Crippen molar-refractivity contribution in [3.63, 3.8) is 0 Å². The summed E-state index contributed by atoms with van der Waals surface area (Å²) in [5.74, 6) is -1.14. The second-order valence-electron chi connectivity index (χ2n) is 15.4. The standard InChI is InChI=1S/C41H51NO8/c1-40(2)46-25-30-21-32(36-38(34(30)48-40)50-41(3,4)49-36)42-31-20-29-24-45-39(28-18-12-7-13-19-28)47-33(29)37(44-23-27-16-10-6-11-17-27)35(31)43-22-26-14-8-5-9-15-26/h5-19,29-39,42H,20-25H2,1-4H3/t29-,30-,31+,32+,33-,34-,35+,36+,37+,38+,39?/m1/s1. The van der Waals surface area contributed by atoms with Gasteiger partial charge in [0.15, 0.2) is 17.9 Å². The van der Waals surface area contributed by atoms with Gasteiger partial charge in [0.1, 0.15) is 24.4 Å². The van der Waals surface area contributed by atoms with Crippen molar-refractivity contribution in [1.82, 2.24) is 5.32 Å². The van der Waals surface area contributed by atoms with E-state index in [0.29, 0.717) is 26.4 Å². The van der Waals surface area contributed by atoms with Crippen molar-refractivity contribution in [2.75, 3.05) is 13.2 Å². The summed E-state index contributed by atoms with van der Waals surface area (Å²) in [6.07, 6.45) is -0.291. The Labute approximate surface area is 295 Å². The minimum absolute atomic E-state index is 0.0157. The van der Waals surface area contributed by atoms with Crippen molar-refractivity contribution in [1.29, 1.82) is 0 Å². The number of ether oxygens (including phenoxy) is 8. The third-order valence-electron chi connectivity index (χ3n) is 10.8. The first-order chi connectivity index (χ1) is 24.2. The molecule has 1 unspecified atom stereocenters. The molecule has 2 saturated carbocycles. The zero-order chi connectivity index (χ0) is 34.3. The zero-order valence-corrected chi connectivity index (χ0v) is 29.5. The lowest BCUT2D eigenvalue weighted by Crippen LogP contribution is -2.68. The maximum Gasteiger partial charge on any atom is 0.184 e. The summed E-state index contributed by atoms with van der Waals surface area (Å²) in [7, 11) is 0. The van der Waals surface area contributed by atoms with E-state index >= 15 is 0 Å². The van der Waals surface area contributed by atoms with E-state index in [4.69, 9.17) is 37.9 Å². The van der Waals surface area contributed by atoms with Crippen molar-refractivity contribution in [3.05, 3.63) is 108 Å². The highest BCUT2D eigenvalue weighted by molar-refractivity contribution is 5.18. The first-order valence-corrected chi connectivity index (χ1v) is 18.3. The van der Waals surface area contributed by atoms with E-state index in [-0.39, 0.29) is 60.5 Å². The van der Waals surface area contributed by atoms with Crippen LogP contribution in [0.4, 0.5) is 0 Å². The fourth-order valence-corrected chi connectivity index (χ4v) is 8.58. The van der Waals surface area contributed by atoms with Gasteiger partial charge in [-0.15, -0.1) is 0 Å². The van der Waals surface area contributed by atoms with Gasteiger partial charge in [0.05, 0.1) is 38.6 Å². The van der Waals surface area contributed by atoms with Crippen LogP contribution in [0.15, 0.2) is 91.0 Å². The van der Waals surface area contributed by atoms with Gasteiger partial charge in [0.25, 0.3) is 0 Å². The lowest BCUT2D eigenvalue weighted by Gasteiger charge is -2.52. The molecule has 9 heteroatoms. The van der Waals surface area contributed by atoms with Crippen LogP contribution in [0.25, 0.3) is 0 Å². The fraction of sp³-hybridized carbons (Fsp3) is 0.561. The van der Waals surface area contributed by atoms with Crippen LogP contribution in [0.3, 0.4) is 0 Å². The van der Waals surface area contributed by atoms with Crippen LogP contribution in [-0.2, 0) is 51.1 Å². The monoisotopic (exact) mass is 685 g/mol. The summed E-state index contributed by atoms with van der Waals surface area (Å²) in [4.78, 5) is 0. The van der Waals surface area contributed by atoms with Crippen molar-refractivity contribution in [2.24, 2.45) is 11.8 Å². The number of hydrogen-bond acceptors (Lipinski definition) is 9. The molecule has 8 rings (SSSR count). The van der Waals surface area contributed by atoms with Crippen LogP contribution in [-0.4, -0.2) is 73.5 Å². The van der Waals surface area contributed by atoms with Crippen LogP contribution < -0.4 is 5.32 Å². The normalized spacial score (nSPS) is 37.3. The lowest BCUT2D eigenvalue weighted by molar-refractivity contribution is -0.319. The van der Waals surface area contributed by atoms with E-state index in [9.17, 15) is 0 Å². The number of rotatable bonds is 9. The van der Waals surface area contributed by atoms with Crippen LogP contribution in [0.1, 0.15) is 63.5 Å². The molecule has 3 aromatic rings. The molecule has 3 saturated heterocycles. The minimum atomic E-state index is -0.727. The molecule has 0 amide bonds. The first kappa shape index (κ1) is 34.4. The summed E-state index contributed by atoms with van der Waals surface area (Å²) in [6.45, 7) is 10.0. The van der Waals surface area contributed by atoms with E-state index in [1.165, 1.54) is 0 Å². The molecule has 1 N–H and O–H groups in total. The predicted molar refractivity (Wildman–Crippen MR) is 186 cm³/mol. The Balaban J connectivity index is 1.10. The maximum absolute atomic E-state index is 6.97. The number of nitrogens with one attached hydrogen (secondary N) is 1. The van der Waals surface area contributed by atoms with Gasteiger partial charge in [-0.25, -0.2) is 0 Å². The highest BCUT2D eigenvalue weighted by Crippen LogP contribution is 2.46. The maximum atomic E-state index is 6.97. The Kier molecular flexibility index (Phi) is 9.89. The van der Waals surface area contributed by atoms with Crippen LogP contribution in [0, 0.1) is 11.8 Å². The molecule has 3 aromatic carbocycles. The fourth-order valence-electron chi connectivity index (χ4n) is 8.58. The topological polar surface area (TPSA) is 85.9 Å². The van der Waals surface area contributed by atoms with E-state index in [0.717, 1.165) is 29.5 Å². The highest BCUT2D eigenvalue weighted by atomic mass is 16.8. The number of hydrogen-bond donors (Lipinski definition) is 1. The first-order valence-electron chi connectivity index (χ1n) is 18.3. The molecule has 9 nitrogen and oxygen atoms in total. The van der Waals surface area contributed by atoms with Gasteiger partial charge in [-0.05, 0) is 51.7 Å². The molecular weight excluding hydrogens is 634 g/mol. The van der Waals surface area contributed by atoms with Gasteiger partial charge < -0.3 is 43.2 Å². The summed E-state index contributed by atoms with van der Waals surface area (Å²) in [5, 5.41) is 4.08. The Morgan fingerprint density at radius 3 is 1.84 bits per heavy atom. The Morgan fingerprint density at radius 1 is 0.600 bits per heavy atom. The van der Waals surface area contributed by atoms with Gasteiger partial charge >= 0.3 is 0 Å². The van der Waals surface area contributed by atoms with Crippen LogP contribution in [0.5, 0.6) is 0 Å². The third-order valence-corrected chi connectivity index (χ3v) is 10.8. The molecule has 3 aliphatic heterocycles. The van der Waals surface area contributed by atoms with Gasteiger partial charge in [0, 0.05) is 29.5 Å². The predicted octanol–water partition coefficient (Wildman–Crippen LogP) is 6.31. The third kappa shape index (κ3) is 7.44. The molecule has 0 bridgehead atoms. The molecular formula is C41H51NO8. The largest absolute Gasteiger partial charge is 0.369 e. The van der Waals surface area contributed by atoms with Gasteiger partial charge in [-0.2, -0.15) is 0 Å². The second kappa shape index (κ2) is 14.4. The molecule has 5 aliphatic rings. The highest BCUT2D eigenvalue weighted by Gasteiger charge is 2.59. The van der Waals surface area contributed by atoms with E-state index < -0.39 is 17.9 Å². The van der Waals surface area contributed by atoms with Gasteiger partial charge in [-0.1, -0.05) is 91.0 Å². The molecule has 268 valence electrons. The van der Waals surface area contributed by atoms with Crippen molar-refractivity contribution >= 4 is 0 Å². The second-order valence-corrected chi connectivity index (χ2v) is 15.4. The lowest BCUT2D eigenvalue weighted by atomic mass is 9.75. The summed E-state index contributed by atoms with van der Waals surface area (Å²) in [6, 6.07) is 30.7. The Hall–Kier alpha value is -2.70. The van der Waals surface area contributed by atoms with Gasteiger partial charge in [-0.3, -0.25) is 0 Å². The van der Waals surface area contributed by atoms with Crippen molar-refractivity contribution in [3.8, 4) is 0 Å². The zero-order valence-electron chi connectivity index (χ0n) is 29.5. The van der Waals surface area contributed by atoms with E-state index in [1.807, 2.05) is 82.3 Å². The SMILES string of the molecule is CC1(C)OC[C@H]2C[C@H](N[C@H]3C[C@@H]4COC(c5ccccc5)O[C@H]4[C@H](OCc4ccccc4)[C@H]3OCc3ccccc3)[C@@H]3OC(C)(C)O[C@H]3[C@@H]2O1. The molecule has 50 heavy (non-hydrogen) atoms. The van der Waals surface area contributed by atoms with Crippen molar-refractivity contribution < 1.29 is 37.9 Å². The average molecular weight is 686 g/mol. The Bertz CT molecular complexity index is 1540. The molecule has 2 aliphatic carbocycles. The van der Waals surface area contributed by atoms with Gasteiger partial charge in [0.2, 0.25) is 0 Å². The summed E-state index contributed by atoms with van der Waals surface area (Å²) >= 11 is 0. The number of benzene rings is 3. The summed E-state index contributed by atoms with van der Waals surface area (Å²) in [5.41, 5.74) is 3.21.